The molecule has 0 aliphatic carbocycles. The number of ether oxygens (including phenoxy) is 3. The van der Waals surface area contributed by atoms with Crippen LogP contribution in [-0.4, -0.2) is 43.9 Å². The van der Waals surface area contributed by atoms with Crippen molar-refractivity contribution in [1.82, 2.24) is 0 Å². The molecule has 0 aromatic heterocycles. The Morgan fingerprint density at radius 1 is 1.58 bits per heavy atom. The fourth-order valence-corrected chi connectivity index (χ4v) is 1.57. The van der Waals surface area contributed by atoms with E-state index in [0.717, 1.165) is 0 Å². The van der Waals surface area contributed by atoms with Gasteiger partial charge in [-0.1, -0.05) is 0 Å². The maximum atomic E-state index is 9.85. The average Bonchev–Trinajstić information content (AvgIpc) is 2.26. The Morgan fingerprint density at radius 2 is 2.25 bits per heavy atom. The lowest BCUT2D eigenvalue weighted by atomic mass is 10.1. The Hall–Kier alpha value is -0.160. The lowest BCUT2D eigenvalue weighted by Crippen LogP contribution is -2.44. The molecule has 0 aromatic carbocycles. The highest BCUT2D eigenvalue weighted by molar-refractivity contribution is 4.87. The smallest absolute Gasteiger partial charge is 0.216 e. The van der Waals surface area contributed by atoms with Crippen LogP contribution in [0.3, 0.4) is 0 Å². The molecule has 0 bridgehead atoms. The first-order valence-electron chi connectivity index (χ1n) is 4.04. The van der Waals surface area contributed by atoms with Crippen molar-refractivity contribution >= 4 is 0 Å². The van der Waals surface area contributed by atoms with Gasteiger partial charge in [-0.05, 0) is 6.92 Å². The molecule has 1 N–H and O–H groups in total. The molecule has 1 rings (SSSR count). The highest BCUT2D eigenvalue weighted by Gasteiger charge is 2.46. The van der Waals surface area contributed by atoms with Crippen LogP contribution in [0.25, 0.3) is 0 Å². The molecule has 1 saturated heterocycles. The molecule has 4 heteroatoms. The minimum absolute atomic E-state index is 0.0232. The second kappa shape index (κ2) is 3.70. The molecule has 1 aliphatic heterocycles. The maximum absolute atomic E-state index is 9.85. The van der Waals surface area contributed by atoms with Gasteiger partial charge in [0, 0.05) is 20.6 Å². The van der Waals surface area contributed by atoms with Crippen LogP contribution in [0.15, 0.2) is 0 Å². The largest absolute Gasteiger partial charge is 0.379 e. The molecule has 1 aliphatic rings. The Labute approximate surface area is 72.4 Å². The molecule has 0 radical (unpaired) electrons. The highest BCUT2D eigenvalue weighted by Crippen LogP contribution is 2.30. The third kappa shape index (κ3) is 1.77. The number of methoxy groups -OCH3 is 2. The van der Waals surface area contributed by atoms with E-state index in [0.29, 0.717) is 6.42 Å². The van der Waals surface area contributed by atoms with Gasteiger partial charge in [-0.3, -0.25) is 0 Å². The van der Waals surface area contributed by atoms with E-state index in [1.165, 1.54) is 7.11 Å². The lowest BCUT2D eigenvalue weighted by molar-refractivity contribution is -0.251. The average molecular weight is 176 g/mol. The third-order valence-corrected chi connectivity index (χ3v) is 2.09. The summed E-state index contributed by atoms with van der Waals surface area (Å²) in [5.41, 5.74) is 0. The monoisotopic (exact) mass is 176 g/mol. The second-order valence-electron chi connectivity index (χ2n) is 3.17. The standard InChI is InChI=1S/C8H16O4/c1-6-4-7(11-3)8(9,12-6)5-10-2/h6-7,9H,4-5H2,1-3H3/t6?,7-,8-/m1/s1. The number of aliphatic hydroxyl groups is 1. The molecule has 0 saturated carbocycles. The van der Waals surface area contributed by atoms with Gasteiger partial charge in [0.15, 0.2) is 0 Å². The minimum Gasteiger partial charge on any atom is -0.379 e. The molecule has 1 heterocycles. The number of hydrogen-bond donors (Lipinski definition) is 1. The summed E-state index contributed by atoms with van der Waals surface area (Å²) >= 11 is 0. The molecular formula is C8H16O4. The summed E-state index contributed by atoms with van der Waals surface area (Å²) in [6, 6.07) is 0. The van der Waals surface area contributed by atoms with Gasteiger partial charge >= 0.3 is 0 Å². The van der Waals surface area contributed by atoms with Crippen LogP contribution in [0.4, 0.5) is 0 Å². The molecule has 4 nitrogen and oxygen atoms in total. The predicted molar refractivity (Wildman–Crippen MR) is 42.8 cm³/mol. The fourth-order valence-electron chi connectivity index (χ4n) is 1.57. The summed E-state index contributed by atoms with van der Waals surface area (Å²) in [7, 11) is 3.09. The SMILES string of the molecule is COC[C@@]1(O)OC(C)C[C@H]1OC. The number of hydrogen-bond acceptors (Lipinski definition) is 4. The molecule has 1 fully saturated rings. The van der Waals surface area contributed by atoms with Crippen LogP contribution in [-0.2, 0) is 14.2 Å². The third-order valence-electron chi connectivity index (χ3n) is 2.09. The van der Waals surface area contributed by atoms with E-state index >= 15 is 0 Å². The topological polar surface area (TPSA) is 47.9 Å². The summed E-state index contributed by atoms with van der Waals surface area (Å²) in [5.74, 6) is -1.26. The molecule has 12 heavy (non-hydrogen) atoms. The second-order valence-corrected chi connectivity index (χ2v) is 3.17. The fraction of sp³-hybridized carbons (Fsp3) is 1.00. The van der Waals surface area contributed by atoms with E-state index in [-0.39, 0.29) is 18.8 Å². The van der Waals surface area contributed by atoms with Crippen LogP contribution in [0.5, 0.6) is 0 Å². The van der Waals surface area contributed by atoms with Crippen LogP contribution in [0.2, 0.25) is 0 Å². The molecule has 0 spiro atoms. The molecule has 3 atom stereocenters. The van der Waals surface area contributed by atoms with E-state index < -0.39 is 5.79 Å². The van der Waals surface area contributed by atoms with Gasteiger partial charge in [0.05, 0.1) is 6.10 Å². The van der Waals surface area contributed by atoms with Crippen molar-refractivity contribution in [3.05, 3.63) is 0 Å². The van der Waals surface area contributed by atoms with Crippen LogP contribution in [0, 0.1) is 0 Å². The van der Waals surface area contributed by atoms with Gasteiger partial charge in [0.1, 0.15) is 12.7 Å². The number of rotatable bonds is 3. The van der Waals surface area contributed by atoms with Crippen molar-refractivity contribution in [1.29, 1.82) is 0 Å². The van der Waals surface area contributed by atoms with Gasteiger partial charge in [-0.15, -0.1) is 0 Å². The molecule has 0 amide bonds. The Kier molecular flexibility index (Phi) is 3.06. The Bertz CT molecular complexity index is 150. The van der Waals surface area contributed by atoms with Gasteiger partial charge in [-0.25, -0.2) is 0 Å². The quantitative estimate of drug-likeness (QED) is 0.664. The lowest BCUT2D eigenvalue weighted by Gasteiger charge is -2.26. The van der Waals surface area contributed by atoms with Gasteiger partial charge < -0.3 is 19.3 Å². The highest BCUT2D eigenvalue weighted by atomic mass is 16.7. The van der Waals surface area contributed by atoms with Gasteiger partial charge in [0.25, 0.3) is 0 Å². The van der Waals surface area contributed by atoms with E-state index in [2.05, 4.69) is 0 Å². The zero-order chi connectivity index (χ0) is 9.19. The van der Waals surface area contributed by atoms with Gasteiger partial charge in [0.2, 0.25) is 5.79 Å². The summed E-state index contributed by atoms with van der Waals surface area (Å²) in [4.78, 5) is 0. The Morgan fingerprint density at radius 3 is 2.75 bits per heavy atom. The first-order valence-corrected chi connectivity index (χ1v) is 4.04. The van der Waals surface area contributed by atoms with Crippen molar-refractivity contribution in [3.63, 3.8) is 0 Å². The molecule has 72 valence electrons. The van der Waals surface area contributed by atoms with E-state index in [1.807, 2.05) is 6.92 Å². The van der Waals surface area contributed by atoms with Crippen LogP contribution in [0.1, 0.15) is 13.3 Å². The Balaban J connectivity index is 2.60. The van der Waals surface area contributed by atoms with E-state index in [4.69, 9.17) is 14.2 Å². The first-order chi connectivity index (χ1) is 5.62. The van der Waals surface area contributed by atoms with Crippen molar-refractivity contribution < 1.29 is 19.3 Å². The summed E-state index contributed by atoms with van der Waals surface area (Å²) in [6.45, 7) is 2.05. The van der Waals surface area contributed by atoms with Crippen molar-refractivity contribution in [3.8, 4) is 0 Å². The van der Waals surface area contributed by atoms with E-state index in [1.54, 1.807) is 7.11 Å². The maximum Gasteiger partial charge on any atom is 0.216 e. The van der Waals surface area contributed by atoms with Gasteiger partial charge in [-0.2, -0.15) is 0 Å². The summed E-state index contributed by atoms with van der Waals surface area (Å²) in [6.07, 6.45) is 0.443. The van der Waals surface area contributed by atoms with E-state index in [9.17, 15) is 5.11 Å². The van der Waals surface area contributed by atoms with Crippen molar-refractivity contribution in [2.45, 2.75) is 31.3 Å². The summed E-state index contributed by atoms with van der Waals surface area (Å²) in [5, 5.41) is 9.85. The zero-order valence-corrected chi connectivity index (χ0v) is 7.74. The van der Waals surface area contributed by atoms with Crippen molar-refractivity contribution in [2.24, 2.45) is 0 Å². The zero-order valence-electron chi connectivity index (χ0n) is 7.74. The molecule has 0 aromatic rings. The molecular weight excluding hydrogens is 160 g/mol. The minimum atomic E-state index is -1.26. The summed E-state index contributed by atoms with van der Waals surface area (Å²) < 4.78 is 15.2. The first kappa shape index (κ1) is 9.92. The normalized spacial score (nSPS) is 42.0. The molecule has 1 unspecified atom stereocenters. The predicted octanol–water partition coefficient (Wildman–Crippen LogP) is 0.145. The van der Waals surface area contributed by atoms with Crippen LogP contribution < -0.4 is 0 Å². The van der Waals surface area contributed by atoms with Crippen LogP contribution >= 0.6 is 0 Å². The van der Waals surface area contributed by atoms with Crippen molar-refractivity contribution in [2.75, 3.05) is 20.8 Å².